The molecule has 0 aliphatic carbocycles. The van der Waals surface area contributed by atoms with E-state index in [4.69, 9.17) is 9.84 Å². The van der Waals surface area contributed by atoms with Crippen LogP contribution in [0, 0.1) is 10.1 Å². The van der Waals surface area contributed by atoms with Crippen LogP contribution >= 0.6 is 11.8 Å². The number of hydrogen-bond donors (Lipinski definition) is 4. The fourth-order valence-corrected chi connectivity index (χ4v) is 3.17. The number of thioether (sulfide) groups is 1. The van der Waals surface area contributed by atoms with E-state index in [9.17, 15) is 25.4 Å². The predicted octanol–water partition coefficient (Wildman–Crippen LogP) is -0.513. The first kappa shape index (κ1) is 16.1. The topological polar surface area (TPSA) is 133 Å². The highest BCUT2D eigenvalue weighted by atomic mass is 32.2. The molecular formula is C12H15NO7S. The number of benzene rings is 1. The predicted molar refractivity (Wildman–Crippen MR) is 72.7 cm³/mol. The van der Waals surface area contributed by atoms with E-state index in [0.29, 0.717) is 0 Å². The van der Waals surface area contributed by atoms with Gasteiger partial charge in [-0.3, -0.25) is 10.1 Å². The highest BCUT2D eigenvalue weighted by molar-refractivity contribution is 8.00. The van der Waals surface area contributed by atoms with E-state index in [0.717, 1.165) is 11.8 Å². The van der Waals surface area contributed by atoms with E-state index in [2.05, 4.69) is 0 Å². The fourth-order valence-electron chi connectivity index (χ4n) is 2.00. The zero-order valence-corrected chi connectivity index (χ0v) is 11.6. The minimum atomic E-state index is -1.50. The Kier molecular flexibility index (Phi) is 5.14. The Morgan fingerprint density at radius 1 is 1.19 bits per heavy atom. The van der Waals surface area contributed by atoms with Gasteiger partial charge in [0.05, 0.1) is 16.4 Å². The summed E-state index contributed by atoms with van der Waals surface area (Å²) in [6.07, 6.45) is -5.43. The molecule has 116 valence electrons. The third-order valence-corrected chi connectivity index (χ3v) is 4.37. The highest BCUT2D eigenvalue weighted by Crippen LogP contribution is 2.37. The summed E-state index contributed by atoms with van der Waals surface area (Å²) in [7, 11) is 0. The largest absolute Gasteiger partial charge is 0.394 e. The molecule has 1 aliphatic rings. The lowest BCUT2D eigenvalue weighted by atomic mass is 10.0. The minimum absolute atomic E-state index is 0.153. The maximum Gasteiger partial charge on any atom is 0.282 e. The Labute approximate surface area is 124 Å². The highest BCUT2D eigenvalue weighted by Gasteiger charge is 2.44. The van der Waals surface area contributed by atoms with Crippen molar-refractivity contribution < 1.29 is 30.1 Å². The Morgan fingerprint density at radius 3 is 2.48 bits per heavy atom. The van der Waals surface area contributed by atoms with E-state index in [-0.39, 0.29) is 10.6 Å². The van der Waals surface area contributed by atoms with Crippen LogP contribution in [0.2, 0.25) is 0 Å². The lowest BCUT2D eigenvalue weighted by Gasteiger charge is -2.39. The van der Waals surface area contributed by atoms with Crippen molar-refractivity contribution in [2.24, 2.45) is 0 Å². The number of nitro benzene ring substituents is 1. The number of ether oxygens (including phenoxy) is 1. The summed E-state index contributed by atoms with van der Waals surface area (Å²) in [4.78, 5) is 10.6. The quantitative estimate of drug-likeness (QED) is 0.431. The molecule has 21 heavy (non-hydrogen) atoms. The average molecular weight is 317 g/mol. The van der Waals surface area contributed by atoms with Gasteiger partial charge in [0, 0.05) is 6.07 Å². The van der Waals surface area contributed by atoms with E-state index >= 15 is 0 Å². The first-order valence-electron chi connectivity index (χ1n) is 6.16. The summed E-state index contributed by atoms with van der Waals surface area (Å²) in [5.74, 6) is 0. The van der Waals surface area contributed by atoms with Crippen molar-refractivity contribution in [2.45, 2.75) is 34.7 Å². The molecule has 5 atom stereocenters. The maximum atomic E-state index is 10.9. The van der Waals surface area contributed by atoms with Gasteiger partial charge in [0.2, 0.25) is 0 Å². The first-order chi connectivity index (χ1) is 9.95. The third-order valence-electron chi connectivity index (χ3n) is 3.15. The molecule has 1 unspecified atom stereocenters. The lowest BCUT2D eigenvalue weighted by molar-refractivity contribution is -0.387. The monoisotopic (exact) mass is 317 g/mol. The number of aliphatic hydroxyl groups excluding tert-OH is 4. The third kappa shape index (κ3) is 3.34. The number of nitrogens with zero attached hydrogens (tertiary/aromatic N) is 1. The SMILES string of the molecule is O=[N+]([O-])c1ccccc1SC1O[C@H](CO)[C@H](O)[C@H](O)[C@H]1O. The van der Waals surface area contributed by atoms with Crippen molar-refractivity contribution in [1.29, 1.82) is 0 Å². The van der Waals surface area contributed by atoms with Gasteiger partial charge in [-0.15, -0.1) is 0 Å². The number of aliphatic hydroxyl groups is 4. The van der Waals surface area contributed by atoms with Crippen LogP contribution in [0.3, 0.4) is 0 Å². The molecule has 1 saturated heterocycles. The van der Waals surface area contributed by atoms with Gasteiger partial charge in [-0.25, -0.2) is 0 Å². The summed E-state index contributed by atoms with van der Waals surface area (Å²) < 4.78 is 5.30. The Hall–Kier alpha value is -1.23. The molecule has 0 spiro atoms. The molecule has 0 amide bonds. The van der Waals surface area contributed by atoms with Crippen LogP contribution < -0.4 is 0 Å². The van der Waals surface area contributed by atoms with Gasteiger partial charge in [0.25, 0.3) is 5.69 Å². The Morgan fingerprint density at radius 2 is 1.86 bits per heavy atom. The van der Waals surface area contributed by atoms with Crippen molar-refractivity contribution in [3.63, 3.8) is 0 Å². The van der Waals surface area contributed by atoms with Crippen LogP contribution in [0.5, 0.6) is 0 Å². The minimum Gasteiger partial charge on any atom is -0.394 e. The van der Waals surface area contributed by atoms with E-state index < -0.39 is 41.4 Å². The molecule has 1 aliphatic heterocycles. The van der Waals surface area contributed by atoms with Gasteiger partial charge in [-0.1, -0.05) is 23.9 Å². The second kappa shape index (κ2) is 6.69. The zero-order valence-electron chi connectivity index (χ0n) is 10.8. The first-order valence-corrected chi connectivity index (χ1v) is 7.04. The molecule has 2 rings (SSSR count). The van der Waals surface area contributed by atoms with Gasteiger partial charge in [-0.05, 0) is 6.07 Å². The Bertz CT molecular complexity index is 512. The normalized spacial score (nSPS) is 32.9. The van der Waals surface area contributed by atoms with Gasteiger partial charge in [-0.2, -0.15) is 0 Å². The molecule has 1 aromatic rings. The van der Waals surface area contributed by atoms with Crippen LogP contribution in [-0.4, -0.2) is 61.8 Å². The number of hydrogen-bond acceptors (Lipinski definition) is 8. The smallest absolute Gasteiger partial charge is 0.282 e. The summed E-state index contributed by atoms with van der Waals surface area (Å²) in [5.41, 5.74) is -1.19. The molecule has 1 heterocycles. The van der Waals surface area contributed by atoms with Crippen LogP contribution in [0.4, 0.5) is 5.69 Å². The van der Waals surface area contributed by atoms with E-state index in [1.54, 1.807) is 6.07 Å². The molecule has 9 heteroatoms. The maximum absolute atomic E-state index is 10.9. The average Bonchev–Trinajstić information content (AvgIpc) is 2.48. The molecule has 4 N–H and O–H groups in total. The van der Waals surface area contributed by atoms with E-state index in [1.807, 2.05) is 0 Å². The summed E-state index contributed by atoms with van der Waals surface area (Å²) in [6.45, 7) is -0.543. The molecule has 1 aromatic carbocycles. The van der Waals surface area contributed by atoms with Crippen LogP contribution in [-0.2, 0) is 4.74 Å². The summed E-state index contributed by atoms with van der Waals surface area (Å²) in [5, 5.41) is 49.3. The molecular weight excluding hydrogens is 302 g/mol. The van der Waals surface area contributed by atoms with Gasteiger partial charge in [0.15, 0.2) is 0 Å². The Balaban J connectivity index is 2.20. The zero-order chi connectivity index (χ0) is 15.6. The summed E-state index contributed by atoms with van der Waals surface area (Å²) >= 11 is 0.856. The van der Waals surface area contributed by atoms with Crippen molar-refractivity contribution in [1.82, 2.24) is 0 Å². The number of nitro groups is 1. The summed E-state index contributed by atoms with van der Waals surface area (Å²) in [6, 6.07) is 5.91. The molecule has 0 aromatic heterocycles. The number of para-hydroxylation sites is 1. The van der Waals surface area contributed by atoms with Crippen molar-refractivity contribution in [3.8, 4) is 0 Å². The fraction of sp³-hybridized carbons (Fsp3) is 0.500. The van der Waals surface area contributed by atoms with Crippen LogP contribution in [0.25, 0.3) is 0 Å². The van der Waals surface area contributed by atoms with Gasteiger partial charge >= 0.3 is 0 Å². The second-order valence-corrected chi connectivity index (χ2v) is 5.68. The molecule has 1 fully saturated rings. The molecule has 0 radical (unpaired) electrons. The lowest BCUT2D eigenvalue weighted by Crippen LogP contribution is -2.57. The van der Waals surface area contributed by atoms with Crippen molar-refractivity contribution in [2.75, 3.05) is 6.61 Å². The molecule has 0 bridgehead atoms. The van der Waals surface area contributed by atoms with Gasteiger partial charge in [0.1, 0.15) is 29.9 Å². The van der Waals surface area contributed by atoms with Crippen molar-refractivity contribution >= 4 is 17.4 Å². The van der Waals surface area contributed by atoms with E-state index in [1.165, 1.54) is 18.2 Å². The standard InChI is InChI=1S/C12H15NO7S/c14-5-7-9(15)10(16)11(17)12(20-7)21-8-4-2-1-3-6(8)13(18)19/h1-4,7,9-12,14-17H,5H2/t7-,9+,10+,11-,12?/m1/s1. The number of rotatable bonds is 4. The van der Waals surface area contributed by atoms with Crippen LogP contribution in [0.15, 0.2) is 29.2 Å². The van der Waals surface area contributed by atoms with Crippen LogP contribution in [0.1, 0.15) is 0 Å². The molecule has 0 saturated carbocycles. The second-order valence-electron chi connectivity index (χ2n) is 4.54. The van der Waals surface area contributed by atoms with Crippen molar-refractivity contribution in [3.05, 3.63) is 34.4 Å². The van der Waals surface area contributed by atoms with Gasteiger partial charge < -0.3 is 25.2 Å². The molecule has 8 nitrogen and oxygen atoms in total.